The molecule has 3 unspecified atom stereocenters. The Balaban J connectivity index is 1.57. The first-order chi connectivity index (χ1) is 9.78. The maximum atomic E-state index is 9.76. The molecule has 4 nitrogen and oxygen atoms in total. The fraction of sp³-hybridized carbons (Fsp3) is 0.625. The summed E-state index contributed by atoms with van der Waals surface area (Å²) in [6.07, 6.45) is 3.48. The van der Waals surface area contributed by atoms with Gasteiger partial charge in [-0.15, -0.1) is 0 Å². The van der Waals surface area contributed by atoms with Crippen molar-refractivity contribution in [3.8, 4) is 5.75 Å². The van der Waals surface area contributed by atoms with Gasteiger partial charge in [0.05, 0.1) is 19.3 Å². The molecular weight excluding hydrogens is 256 g/mol. The smallest absolute Gasteiger partial charge is 0.130 e. The van der Waals surface area contributed by atoms with Crippen molar-refractivity contribution < 1.29 is 19.3 Å². The van der Waals surface area contributed by atoms with Crippen LogP contribution in [0.2, 0.25) is 0 Å². The summed E-state index contributed by atoms with van der Waals surface area (Å²) in [5.41, 5.74) is 2.85. The third-order valence-corrected chi connectivity index (χ3v) is 4.17. The number of aliphatic hydroxyl groups excluding tert-OH is 1. The first kappa shape index (κ1) is 13.9. The molecule has 2 aliphatic carbocycles. The Morgan fingerprint density at radius 3 is 2.85 bits per heavy atom. The second-order valence-corrected chi connectivity index (χ2v) is 5.57. The maximum Gasteiger partial charge on any atom is 0.130 e. The summed E-state index contributed by atoms with van der Waals surface area (Å²) in [4.78, 5) is 0. The third-order valence-electron chi connectivity index (χ3n) is 4.17. The van der Waals surface area contributed by atoms with E-state index in [1.54, 1.807) is 7.11 Å². The topological polar surface area (TPSA) is 47.9 Å². The summed E-state index contributed by atoms with van der Waals surface area (Å²) in [5.74, 6) is 0.892. The quantitative estimate of drug-likeness (QED) is 0.805. The highest BCUT2D eigenvalue weighted by atomic mass is 16.6. The second-order valence-electron chi connectivity index (χ2n) is 5.57. The predicted molar refractivity (Wildman–Crippen MR) is 75.1 cm³/mol. The number of aliphatic hydroxyl groups is 1. The van der Waals surface area contributed by atoms with Crippen molar-refractivity contribution in [2.24, 2.45) is 0 Å². The van der Waals surface area contributed by atoms with Crippen molar-refractivity contribution in [3.63, 3.8) is 0 Å². The molecule has 0 bridgehead atoms. The number of aryl methyl sites for hydroxylation is 2. The van der Waals surface area contributed by atoms with Gasteiger partial charge in [-0.05, 0) is 42.5 Å². The number of rotatable bonds is 6. The zero-order valence-electron chi connectivity index (χ0n) is 11.9. The Hall–Kier alpha value is -1.10. The number of methoxy groups -OCH3 is 1. The van der Waals surface area contributed by atoms with Gasteiger partial charge in [0.25, 0.3) is 0 Å². The van der Waals surface area contributed by atoms with Crippen molar-refractivity contribution in [2.75, 3.05) is 20.3 Å². The van der Waals surface area contributed by atoms with E-state index < -0.39 is 6.10 Å². The molecular formula is C16H22O4. The molecule has 0 spiro atoms. The van der Waals surface area contributed by atoms with Crippen molar-refractivity contribution in [1.29, 1.82) is 0 Å². The molecule has 0 aromatic heterocycles. The van der Waals surface area contributed by atoms with E-state index in [-0.39, 0.29) is 12.2 Å². The first-order valence-electron chi connectivity index (χ1n) is 7.35. The van der Waals surface area contributed by atoms with Crippen molar-refractivity contribution in [2.45, 2.75) is 44.0 Å². The van der Waals surface area contributed by atoms with E-state index in [0.717, 1.165) is 12.2 Å². The van der Waals surface area contributed by atoms with E-state index in [0.29, 0.717) is 19.6 Å². The molecule has 1 aromatic carbocycles. The van der Waals surface area contributed by atoms with Gasteiger partial charge in [0.2, 0.25) is 0 Å². The summed E-state index contributed by atoms with van der Waals surface area (Å²) in [7, 11) is 1.64. The molecule has 0 aliphatic heterocycles. The predicted octanol–water partition coefficient (Wildman–Crippen LogP) is 1.72. The summed E-state index contributed by atoms with van der Waals surface area (Å²) < 4.78 is 16.5. The van der Waals surface area contributed by atoms with Crippen LogP contribution < -0.4 is 4.74 Å². The van der Waals surface area contributed by atoms with Gasteiger partial charge in [-0.2, -0.15) is 0 Å². The van der Waals surface area contributed by atoms with E-state index in [1.165, 1.54) is 24.0 Å². The molecule has 1 aromatic rings. The Morgan fingerprint density at radius 1 is 1.20 bits per heavy atom. The van der Waals surface area contributed by atoms with Crippen LogP contribution in [0.25, 0.3) is 0 Å². The third kappa shape index (κ3) is 2.82. The van der Waals surface area contributed by atoms with Gasteiger partial charge in [0, 0.05) is 13.5 Å². The van der Waals surface area contributed by atoms with E-state index in [4.69, 9.17) is 14.2 Å². The summed E-state index contributed by atoms with van der Waals surface area (Å²) >= 11 is 0. The average molecular weight is 278 g/mol. The first-order valence-corrected chi connectivity index (χ1v) is 7.35. The van der Waals surface area contributed by atoms with Crippen LogP contribution in [0, 0.1) is 0 Å². The van der Waals surface area contributed by atoms with Crippen LogP contribution in [-0.2, 0) is 22.3 Å². The molecule has 4 heteroatoms. The van der Waals surface area contributed by atoms with Crippen LogP contribution in [0.3, 0.4) is 0 Å². The average Bonchev–Trinajstić information content (AvgIpc) is 2.90. The highest BCUT2D eigenvalue weighted by molar-refractivity contribution is 5.38. The fourth-order valence-corrected chi connectivity index (χ4v) is 2.96. The van der Waals surface area contributed by atoms with Gasteiger partial charge in [0.1, 0.15) is 18.0 Å². The van der Waals surface area contributed by atoms with Crippen LogP contribution in [0.1, 0.15) is 24.0 Å². The van der Waals surface area contributed by atoms with Crippen LogP contribution in [-0.4, -0.2) is 43.7 Å². The van der Waals surface area contributed by atoms with Crippen molar-refractivity contribution in [1.82, 2.24) is 0 Å². The monoisotopic (exact) mass is 278 g/mol. The molecule has 3 atom stereocenters. The Labute approximate surface area is 119 Å². The zero-order chi connectivity index (χ0) is 13.9. The highest BCUT2D eigenvalue weighted by Gasteiger charge is 2.42. The fourth-order valence-electron chi connectivity index (χ4n) is 2.96. The lowest BCUT2D eigenvalue weighted by Crippen LogP contribution is -2.55. The minimum atomic E-state index is -0.425. The van der Waals surface area contributed by atoms with Crippen LogP contribution in [0.4, 0.5) is 0 Å². The molecule has 2 aliphatic rings. The normalized spacial score (nSPS) is 28.0. The SMILES string of the molecule is COCCOC1C(O)CC1Oc1ccc2c(c1)CCC2. The van der Waals surface area contributed by atoms with Gasteiger partial charge < -0.3 is 19.3 Å². The van der Waals surface area contributed by atoms with Crippen LogP contribution in [0.15, 0.2) is 18.2 Å². The molecule has 1 N–H and O–H groups in total. The minimum absolute atomic E-state index is 0.0543. The molecule has 0 amide bonds. The second kappa shape index (κ2) is 6.12. The maximum absolute atomic E-state index is 9.76. The molecule has 1 saturated carbocycles. The number of hydrogen-bond donors (Lipinski definition) is 1. The van der Waals surface area contributed by atoms with Gasteiger partial charge >= 0.3 is 0 Å². The Morgan fingerprint density at radius 2 is 2.05 bits per heavy atom. The van der Waals surface area contributed by atoms with E-state index in [9.17, 15) is 5.11 Å². The highest BCUT2D eigenvalue weighted by Crippen LogP contribution is 2.31. The van der Waals surface area contributed by atoms with Crippen molar-refractivity contribution in [3.05, 3.63) is 29.3 Å². The zero-order valence-corrected chi connectivity index (χ0v) is 11.9. The largest absolute Gasteiger partial charge is 0.488 e. The Kier molecular flexibility index (Phi) is 4.24. The lowest BCUT2D eigenvalue weighted by molar-refractivity contribution is -0.167. The summed E-state index contributed by atoms with van der Waals surface area (Å²) in [5, 5.41) is 9.76. The van der Waals surface area contributed by atoms with E-state index in [2.05, 4.69) is 12.1 Å². The molecule has 0 radical (unpaired) electrons. The van der Waals surface area contributed by atoms with E-state index in [1.807, 2.05) is 6.07 Å². The molecule has 110 valence electrons. The standard InChI is InChI=1S/C16H22O4/c1-18-7-8-19-16-14(17)10-15(16)20-13-6-5-11-3-2-4-12(11)9-13/h5-6,9,14-17H,2-4,7-8,10H2,1H3. The lowest BCUT2D eigenvalue weighted by atomic mass is 9.88. The van der Waals surface area contributed by atoms with Gasteiger partial charge in [0.15, 0.2) is 0 Å². The van der Waals surface area contributed by atoms with Crippen LogP contribution in [0.5, 0.6) is 5.75 Å². The van der Waals surface area contributed by atoms with Crippen LogP contribution >= 0.6 is 0 Å². The summed E-state index contributed by atoms with van der Waals surface area (Å²) in [6.45, 7) is 1.02. The minimum Gasteiger partial charge on any atom is -0.488 e. The van der Waals surface area contributed by atoms with Crippen molar-refractivity contribution >= 4 is 0 Å². The van der Waals surface area contributed by atoms with Gasteiger partial charge in [-0.25, -0.2) is 0 Å². The molecule has 3 rings (SSSR count). The lowest BCUT2D eigenvalue weighted by Gasteiger charge is -2.40. The number of ether oxygens (including phenoxy) is 3. The molecule has 0 saturated heterocycles. The Bertz CT molecular complexity index is 460. The molecule has 1 fully saturated rings. The van der Waals surface area contributed by atoms with Gasteiger partial charge in [-0.3, -0.25) is 0 Å². The number of hydrogen-bond acceptors (Lipinski definition) is 4. The number of fused-ring (bicyclic) bond motifs is 1. The van der Waals surface area contributed by atoms with E-state index >= 15 is 0 Å². The summed E-state index contributed by atoms with van der Waals surface area (Å²) in [6, 6.07) is 6.33. The molecule has 20 heavy (non-hydrogen) atoms. The number of benzene rings is 1. The molecule has 0 heterocycles. The van der Waals surface area contributed by atoms with Gasteiger partial charge in [-0.1, -0.05) is 6.07 Å².